The lowest BCUT2D eigenvalue weighted by Crippen LogP contribution is -2.57. The topological polar surface area (TPSA) is 30.1 Å². The first-order chi connectivity index (χ1) is 38.7. The number of rotatable bonds is 3. The van der Waals surface area contributed by atoms with Crippen molar-refractivity contribution in [3.05, 3.63) is 237 Å². The molecule has 0 saturated carbocycles. The molecule has 0 atom stereocenters. The van der Waals surface area contributed by atoms with Crippen molar-refractivity contribution in [3.8, 4) is 33.4 Å². The summed E-state index contributed by atoms with van der Waals surface area (Å²) in [4.78, 5) is 2.64. The Morgan fingerprint density at radius 2 is 0.833 bits per heavy atom. The van der Waals surface area contributed by atoms with Crippen LogP contribution in [0.3, 0.4) is 0 Å². The number of para-hydroxylation sites is 5. The highest BCUT2D eigenvalue weighted by atomic mass is 16.3. The van der Waals surface area contributed by atoms with Gasteiger partial charge in [-0.1, -0.05) is 158 Å². The summed E-state index contributed by atoms with van der Waals surface area (Å²) in [5, 5.41) is 14.8. The summed E-state index contributed by atoms with van der Waals surface area (Å²) in [5.74, 6) is 0. The van der Waals surface area contributed by atoms with E-state index in [1.165, 1.54) is 148 Å². The van der Waals surface area contributed by atoms with Crippen LogP contribution in [0.15, 0.2) is 241 Å². The van der Waals surface area contributed by atoms with E-state index in [9.17, 15) is 0 Å². The van der Waals surface area contributed by atoms with Gasteiger partial charge in [0.2, 0.25) is 0 Å². The predicted molar refractivity (Wildman–Crippen MR) is 327 cm³/mol. The van der Waals surface area contributed by atoms with E-state index in [0.29, 0.717) is 0 Å². The summed E-state index contributed by atoms with van der Waals surface area (Å²) in [6.45, 7) is -0.240. The monoisotopic (exact) mass is 986 g/mol. The minimum Gasteiger partial charge on any atom is -0.456 e. The molecule has 8 heterocycles. The Bertz CT molecular complexity index is 5620. The average Bonchev–Trinajstić information content (AvgIpc) is 4.52. The molecule has 6 aromatic heterocycles. The molecule has 18 aromatic rings. The van der Waals surface area contributed by atoms with Gasteiger partial charge in [0.25, 0.3) is 0 Å². The van der Waals surface area contributed by atoms with Crippen molar-refractivity contribution in [2.45, 2.75) is 0 Å². The maximum absolute atomic E-state index is 7.21. The van der Waals surface area contributed by atoms with Gasteiger partial charge < -0.3 is 22.6 Å². The van der Waals surface area contributed by atoms with Crippen molar-refractivity contribution in [1.29, 1.82) is 0 Å². The molecule has 0 bridgehead atoms. The molecule has 0 spiro atoms. The Morgan fingerprint density at radius 3 is 1.51 bits per heavy atom. The first-order valence-electron chi connectivity index (χ1n) is 27.1. The molecule has 5 nitrogen and oxygen atoms in total. The van der Waals surface area contributed by atoms with Crippen LogP contribution in [0.4, 0.5) is 17.1 Å². The van der Waals surface area contributed by atoms with Gasteiger partial charge >= 0.3 is 6.85 Å². The second-order valence-corrected chi connectivity index (χ2v) is 21.9. The Hall–Kier alpha value is -10.3. The van der Waals surface area contributed by atoms with E-state index in [1.54, 1.807) is 0 Å². The number of anilines is 3. The summed E-state index contributed by atoms with van der Waals surface area (Å²) < 4.78 is 15.0. The van der Waals surface area contributed by atoms with Gasteiger partial charge in [-0.15, -0.1) is 0 Å². The third-order valence-electron chi connectivity index (χ3n) is 18.2. The van der Waals surface area contributed by atoms with Gasteiger partial charge in [-0.25, -0.2) is 0 Å². The van der Waals surface area contributed by atoms with E-state index in [1.807, 2.05) is 0 Å². The number of nitrogens with zero attached hydrogens (tertiary/aromatic N) is 4. The summed E-state index contributed by atoms with van der Waals surface area (Å²) in [6, 6.07) is 88.7. The highest BCUT2D eigenvalue weighted by Crippen LogP contribution is 2.54. The fourth-order valence-electron chi connectivity index (χ4n) is 15.2. The molecule has 12 aromatic carbocycles. The standard InChI is InChI=1S/C72H39BN4O/c1-3-17-40(18-4-1)42-31-32-60-50(33-42)51-34-43(41-19-5-2-6-20-41)35-55-66-65-49-25-11-16-30-63(49)78-64(65)39-62-68(66)73(77(60)71(51)55)69-61(38-54-47-23-9-14-28-58(47)76-59-29-15-10-24-48(59)67(69)72(54)76)74(62)44-36-52-45-21-7-12-26-56(45)75-57-27-13-8-22-46(57)53(37-44)70(52)75/h1-39H. The molecule has 20 rings (SSSR count). The Labute approximate surface area is 445 Å². The number of furan rings is 1. The zero-order chi connectivity index (χ0) is 50.2. The number of aromatic nitrogens is 3. The van der Waals surface area contributed by atoms with Crippen LogP contribution < -0.4 is 15.8 Å². The predicted octanol–water partition coefficient (Wildman–Crippen LogP) is 17.7. The van der Waals surface area contributed by atoms with Crippen LogP contribution >= 0.6 is 0 Å². The van der Waals surface area contributed by atoms with Gasteiger partial charge in [-0.3, -0.25) is 0 Å². The fourth-order valence-corrected chi connectivity index (χ4v) is 15.2. The van der Waals surface area contributed by atoms with Crippen LogP contribution in [0, 0.1) is 0 Å². The van der Waals surface area contributed by atoms with Crippen LogP contribution in [0.5, 0.6) is 0 Å². The average molecular weight is 987 g/mol. The SMILES string of the molecule is c1ccc(-c2ccc3c(c2)c2cc(-c4ccccc4)cc4c2n3B2c3c(cc5oc6ccccc6c5c3-4)N(c3cc4c5ccccc5n5c6ccccc6c(c3)c45)c3cc4c5ccccc5n5c6ccccc6c(c32)c45)cc1. The number of fused-ring (bicyclic) bond motifs is 24. The lowest BCUT2D eigenvalue weighted by Gasteiger charge is -2.41. The molecule has 0 saturated heterocycles. The summed E-state index contributed by atoms with van der Waals surface area (Å²) in [6.07, 6.45) is 0. The number of hydrogen-bond acceptors (Lipinski definition) is 2. The van der Waals surface area contributed by atoms with Crippen LogP contribution in [0.25, 0.3) is 153 Å². The second-order valence-electron chi connectivity index (χ2n) is 21.9. The zero-order valence-electron chi connectivity index (χ0n) is 41.8. The molecule has 0 unspecified atom stereocenters. The molecule has 0 amide bonds. The minimum absolute atomic E-state index is 0.240. The van der Waals surface area contributed by atoms with Gasteiger partial charge in [-0.05, 0) is 112 Å². The largest absolute Gasteiger partial charge is 0.456 e. The fraction of sp³-hybridized carbons (Fsp3) is 0. The molecular weight excluding hydrogens is 948 g/mol. The molecule has 0 radical (unpaired) electrons. The summed E-state index contributed by atoms with van der Waals surface area (Å²) in [5.41, 5.74) is 24.9. The molecule has 6 heteroatoms. The summed E-state index contributed by atoms with van der Waals surface area (Å²) >= 11 is 0. The van der Waals surface area contributed by atoms with Crippen LogP contribution in [0.2, 0.25) is 0 Å². The molecule has 0 fully saturated rings. The first kappa shape index (κ1) is 40.1. The number of hydrogen-bond donors (Lipinski definition) is 0. The zero-order valence-corrected chi connectivity index (χ0v) is 41.8. The Morgan fingerprint density at radius 1 is 0.308 bits per heavy atom. The molecular formula is C72H39BN4O. The quantitative estimate of drug-likeness (QED) is 0.165. The molecule has 0 N–H and O–H groups in total. The van der Waals surface area contributed by atoms with E-state index in [0.717, 1.165) is 33.3 Å². The Balaban J connectivity index is 1.04. The van der Waals surface area contributed by atoms with E-state index in [-0.39, 0.29) is 6.85 Å². The van der Waals surface area contributed by atoms with Gasteiger partial charge in [0.1, 0.15) is 11.2 Å². The highest BCUT2D eigenvalue weighted by molar-refractivity contribution is 6.92. The third kappa shape index (κ3) is 4.71. The summed E-state index contributed by atoms with van der Waals surface area (Å²) in [7, 11) is 0. The van der Waals surface area contributed by atoms with Crippen molar-refractivity contribution >= 4 is 155 Å². The van der Waals surface area contributed by atoms with Gasteiger partial charge in [0.15, 0.2) is 0 Å². The van der Waals surface area contributed by atoms with E-state index in [2.05, 4.69) is 255 Å². The van der Waals surface area contributed by atoms with Crippen LogP contribution in [-0.2, 0) is 0 Å². The number of benzene rings is 12. The van der Waals surface area contributed by atoms with Crippen LogP contribution in [-0.4, -0.2) is 20.1 Å². The minimum atomic E-state index is -0.240. The maximum Gasteiger partial charge on any atom is 0.333 e. The molecule has 2 aliphatic heterocycles. The lowest BCUT2D eigenvalue weighted by molar-refractivity contribution is 0.669. The second kappa shape index (κ2) is 13.9. The molecule has 78 heavy (non-hydrogen) atoms. The van der Waals surface area contributed by atoms with Gasteiger partial charge in [0.05, 0.1) is 33.1 Å². The van der Waals surface area contributed by atoms with Crippen LogP contribution in [0.1, 0.15) is 0 Å². The van der Waals surface area contributed by atoms with Crippen molar-refractivity contribution in [1.82, 2.24) is 13.3 Å². The molecule has 356 valence electrons. The normalized spacial score (nSPS) is 13.3. The third-order valence-corrected chi connectivity index (χ3v) is 18.2. The Kier molecular flexibility index (Phi) is 7.16. The first-order valence-corrected chi connectivity index (χ1v) is 27.1. The molecule has 2 aliphatic rings. The van der Waals surface area contributed by atoms with E-state index in [4.69, 9.17) is 4.42 Å². The van der Waals surface area contributed by atoms with Gasteiger partial charge in [-0.2, -0.15) is 0 Å². The van der Waals surface area contributed by atoms with Crippen molar-refractivity contribution < 1.29 is 4.42 Å². The lowest BCUT2D eigenvalue weighted by atomic mass is 9.44. The smallest absolute Gasteiger partial charge is 0.333 e. The van der Waals surface area contributed by atoms with Crippen molar-refractivity contribution in [2.24, 2.45) is 0 Å². The molecule has 0 aliphatic carbocycles. The van der Waals surface area contributed by atoms with E-state index < -0.39 is 0 Å². The van der Waals surface area contributed by atoms with E-state index >= 15 is 0 Å². The highest BCUT2D eigenvalue weighted by Gasteiger charge is 2.47. The van der Waals surface area contributed by atoms with Gasteiger partial charge in [0, 0.05) is 104 Å². The van der Waals surface area contributed by atoms with Crippen molar-refractivity contribution in [3.63, 3.8) is 0 Å². The maximum atomic E-state index is 7.21. The van der Waals surface area contributed by atoms with Crippen molar-refractivity contribution in [2.75, 3.05) is 4.90 Å².